The van der Waals surface area contributed by atoms with E-state index in [2.05, 4.69) is 28.1 Å². The maximum Gasteiger partial charge on any atom is 0.270 e. The second-order valence-corrected chi connectivity index (χ2v) is 6.20. The summed E-state index contributed by atoms with van der Waals surface area (Å²) in [7, 11) is 1.49. The second-order valence-electron chi connectivity index (χ2n) is 6.20. The first-order valence-corrected chi connectivity index (χ1v) is 9.95. The van der Waals surface area contributed by atoms with E-state index in [-0.39, 0.29) is 18.3 Å². The number of amides is 1. The molecule has 5 nitrogen and oxygen atoms in total. The van der Waals surface area contributed by atoms with Gasteiger partial charge in [0.15, 0.2) is 0 Å². The average molecular weight is 426 g/mol. The summed E-state index contributed by atoms with van der Waals surface area (Å²) in [5, 5.41) is 2.84. The largest absolute Gasteiger partial charge is 0.483 e. The molecule has 0 bridgehead atoms. The molecule has 6 heteroatoms. The fraction of sp³-hybridized carbons (Fsp3) is 0.320. The molecule has 1 aromatic rings. The van der Waals surface area contributed by atoms with Gasteiger partial charge >= 0.3 is 0 Å². The summed E-state index contributed by atoms with van der Waals surface area (Å²) in [6.45, 7) is 7.71. The predicted octanol–water partition coefficient (Wildman–Crippen LogP) is 5.01. The van der Waals surface area contributed by atoms with E-state index in [4.69, 9.17) is 4.74 Å². The highest BCUT2D eigenvalue weighted by atomic mass is 19.1. The lowest BCUT2D eigenvalue weighted by molar-refractivity contribution is -0.117. The number of nitrogens with one attached hydrogen (secondary N) is 1. The third kappa shape index (κ3) is 10.8. The standard InChI is InChI=1S/C23H30FN3O2.C2H2/c1-6-9-10-14-20(7-2)27-21(8-3)22(28)26-17(4)23(29-5)25-16-18-12-11-13-19(24)15-18;1-2/h6,8-15,17H,7,16H2,1-5H3,(H,26,28);1-2H/b9-6-,14-10-,21-8-,25-23?,27-20-;. The minimum absolute atomic E-state index is 0.255. The molecule has 0 saturated heterocycles. The number of carbonyl (C=O) groups excluding carboxylic acids is 1. The fourth-order valence-electron chi connectivity index (χ4n) is 2.43. The van der Waals surface area contributed by atoms with Crippen LogP contribution in [0.15, 0.2) is 70.3 Å². The smallest absolute Gasteiger partial charge is 0.270 e. The minimum atomic E-state index is -0.463. The molecule has 1 amide bonds. The highest BCUT2D eigenvalue weighted by Gasteiger charge is 2.17. The lowest BCUT2D eigenvalue weighted by Crippen LogP contribution is -2.40. The van der Waals surface area contributed by atoms with Crippen LogP contribution in [0.5, 0.6) is 0 Å². The van der Waals surface area contributed by atoms with Crippen LogP contribution < -0.4 is 5.32 Å². The van der Waals surface area contributed by atoms with E-state index in [1.807, 2.05) is 38.2 Å². The van der Waals surface area contributed by atoms with Crippen molar-refractivity contribution in [2.45, 2.75) is 46.7 Å². The predicted molar refractivity (Wildman–Crippen MR) is 127 cm³/mol. The van der Waals surface area contributed by atoms with Crippen LogP contribution >= 0.6 is 0 Å². The molecule has 31 heavy (non-hydrogen) atoms. The van der Waals surface area contributed by atoms with Gasteiger partial charge in [-0.05, 0) is 51.0 Å². The molecule has 1 rings (SSSR count). The van der Waals surface area contributed by atoms with Gasteiger partial charge in [0.05, 0.1) is 13.7 Å². The molecule has 0 saturated carbocycles. The Balaban J connectivity index is 0.00000436. The van der Waals surface area contributed by atoms with Crippen LogP contribution in [0.2, 0.25) is 0 Å². The Labute approximate surface area is 185 Å². The fourth-order valence-corrected chi connectivity index (χ4v) is 2.43. The van der Waals surface area contributed by atoms with Gasteiger partial charge in [0.25, 0.3) is 5.91 Å². The SMILES string of the molecule is C#C.C\C=C/C=C\C(CC)=N/C(=C\C)C(=O)NC(C)C(=NCc1cccc(F)c1)OC. The molecule has 0 aromatic heterocycles. The molecule has 1 unspecified atom stereocenters. The zero-order valence-electron chi connectivity index (χ0n) is 18.9. The number of nitrogens with zero attached hydrogens (tertiary/aromatic N) is 2. The summed E-state index contributed by atoms with van der Waals surface area (Å²) in [6.07, 6.45) is 18.0. The van der Waals surface area contributed by atoms with Crippen molar-refractivity contribution in [3.63, 3.8) is 0 Å². The van der Waals surface area contributed by atoms with E-state index in [0.717, 1.165) is 11.3 Å². The van der Waals surface area contributed by atoms with E-state index < -0.39 is 6.04 Å². The molecule has 166 valence electrons. The molecule has 0 aliphatic heterocycles. The Morgan fingerprint density at radius 1 is 1.29 bits per heavy atom. The van der Waals surface area contributed by atoms with Crippen LogP contribution in [0.4, 0.5) is 4.39 Å². The molecule has 0 radical (unpaired) electrons. The number of benzene rings is 1. The van der Waals surface area contributed by atoms with Crippen LogP contribution in [0, 0.1) is 18.7 Å². The molecule has 0 aliphatic rings. The van der Waals surface area contributed by atoms with Crippen molar-refractivity contribution in [2.24, 2.45) is 9.98 Å². The van der Waals surface area contributed by atoms with Crippen LogP contribution in [0.25, 0.3) is 0 Å². The number of ether oxygens (including phenoxy) is 1. The second kappa shape index (κ2) is 16.3. The lowest BCUT2D eigenvalue weighted by Gasteiger charge is -2.16. The third-order valence-electron chi connectivity index (χ3n) is 3.96. The first kappa shape index (κ1) is 27.5. The monoisotopic (exact) mass is 425 g/mol. The van der Waals surface area contributed by atoms with Crippen LogP contribution in [0.1, 0.15) is 39.7 Å². The highest BCUT2D eigenvalue weighted by Crippen LogP contribution is 2.07. The summed E-state index contributed by atoms with van der Waals surface area (Å²) >= 11 is 0. The molecular formula is C25H32FN3O2. The van der Waals surface area contributed by atoms with Crippen molar-refractivity contribution in [1.82, 2.24) is 5.32 Å². The van der Waals surface area contributed by atoms with Gasteiger partial charge in [-0.25, -0.2) is 14.4 Å². The van der Waals surface area contributed by atoms with Gasteiger partial charge in [-0.2, -0.15) is 0 Å². The number of rotatable bonds is 9. The average Bonchev–Trinajstić information content (AvgIpc) is 2.78. The van der Waals surface area contributed by atoms with Gasteiger partial charge in [0, 0.05) is 5.71 Å². The van der Waals surface area contributed by atoms with Crippen LogP contribution in [-0.4, -0.2) is 30.7 Å². The Morgan fingerprint density at radius 3 is 2.55 bits per heavy atom. The van der Waals surface area contributed by atoms with Gasteiger partial charge in [-0.15, -0.1) is 12.8 Å². The van der Waals surface area contributed by atoms with Crippen molar-refractivity contribution < 1.29 is 13.9 Å². The summed E-state index contributed by atoms with van der Waals surface area (Å²) in [5.41, 5.74) is 1.84. The summed E-state index contributed by atoms with van der Waals surface area (Å²) in [5.74, 6) is -0.282. The number of allylic oxidation sites excluding steroid dienone is 5. The lowest BCUT2D eigenvalue weighted by atomic mass is 10.2. The molecule has 1 N–H and O–H groups in total. The maximum absolute atomic E-state index is 13.3. The summed E-state index contributed by atoms with van der Waals surface area (Å²) in [6, 6.07) is 5.74. The number of carbonyl (C=O) groups is 1. The van der Waals surface area contributed by atoms with E-state index in [0.29, 0.717) is 18.0 Å². The normalized spacial score (nSPS) is 13.6. The van der Waals surface area contributed by atoms with E-state index in [9.17, 15) is 9.18 Å². The zero-order valence-corrected chi connectivity index (χ0v) is 18.9. The Kier molecular flexibility index (Phi) is 14.5. The van der Waals surface area contributed by atoms with Gasteiger partial charge in [0.1, 0.15) is 17.6 Å². The van der Waals surface area contributed by atoms with Crippen LogP contribution in [-0.2, 0) is 16.1 Å². The van der Waals surface area contributed by atoms with Gasteiger partial charge in [0.2, 0.25) is 5.90 Å². The van der Waals surface area contributed by atoms with Gasteiger partial charge in [-0.1, -0.05) is 43.4 Å². The molecule has 0 aliphatic carbocycles. The van der Waals surface area contributed by atoms with Gasteiger partial charge < -0.3 is 10.1 Å². The first-order chi connectivity index (χ1) is 14.9. The van der Waals surface area contributed by atoms with Crippen molar-refractivity contribution in [3.8, 4) is 12.8 Å². The number of terminal acetylenes is 1. The molecule has 1 atom stereocenters. The van der Waals surface area contributed by atoms with E-state index >= 15 is 0 Å². The summed E-state index contributed by atoms with van der Waals surface area (Å²) in [4.78, 5) is 21.4. The maximum atomic E-state index is 13.3. The van der Waals surface area contributed by atoms with E-state index in [1.54, 1.807) is 32.1 Å². The molecule has 1 aromatic carbocycles. The Hall–Kier alpha value is -3.46. The molecule has 0 heterocycles. The number of hydrogen-bond acceptors (Lipinski definition) is 4. The molecular weight excluding hydrogens is 393 g/mol. The quantitative estimate of drug-likeness (QED) is 0.199. The number of hydrogen-bond donors (Lipinski definition) is 1. The highest BCUT2D eigenvalue weighted by molar-refractivity contribution is 6.02. The van der Waals surface area contributed by atoms with Crippen molar-refractivity contribution in [2.75, 3.05) is 7.11 Å². The topological polar surface area (TPSA) is 63.0 Å². The van der Waals surface area contributed by atoms with E-state index in [1.165, 1.54) is 19.2 Å². The van der Waals surface area contributed by atoms with Crippen molar-refractivity contribution >= 4 is 17.5 Å². The summed E-state index contributed by atoms with van der Waals surface area (Å²) < 4.78 is 18.6. The molecule has 0 spiro atoms. The zero-order chi connectivity index (χ0) is 23.6. The molecule has 0 fully saturated rings. The Bertz CT molecular complexity index is 865. The minimum Gasteiger partial charge on any atom is -0.483 e. The Morgan fingerprint density at radius 2 is 2.00 bits per heavy atom. The number of methoxy groups -OCH3 is 1. The third-order valence-corrected chi connectivity index (χ3v) is 3.96. The number of halogens is 1. The van der Waals surface area contributed by atoms with Crippen LogP contribution in [0.3, 0.4) is 0 Å². The van der Waals surface area contributed by atoms with Crippen molar-refractivity contribution in [3.05, 3.63) is 71.7 Å². The van der Waals surface area contributed by atoms with Crippen molar-refractivity contribution in [1.29, 1.82) is 0 Å². The first-order valence-electron chi connectivity index (χ1n) is 9.95. The van der Waals surface area contributed by atoms with Gasteiger partial charge in [-0.3, -0.25) is 4.79 Å². The number of aliphatic imine (C=N–C) groups is 2.